The van der Waals surface area contributed by atoms with Gasteiger partial charge in [-0.25, -0.2) is 0 Å². The van der Waals surface area contributed by atoms with Crippen molar-refractivity contribution in [3.63, 3.8) is 0 Å². The SMILES string of the molecule is CCc1nncn1CCNC(=NCCCSC)NC(C)CCc1ccccc1. The fraction of sp³-hybridized carbons (Fsp3) is 0.571. The van der Waals surface area contributed by atoms with Crippen LogP contribution in [-0.4, -0.2) is 51.9 Å². The number of aliphatic imine (C=N–C) groups is 1. The van der Waals surface area contributed by atoms with Crippen LogP contribution >= 0.6 is 11.8 Å². The molecule has 1 atom stereocenters. The van der Waals surface area contributed by atoms with Crippen LogP contribution in [0.15, 0.2) is 41.7 Å². The van der Waals surface area contributed by atoms with Crippen LogP contribution in [0.1, 0.15) is 38.1 Å². The molecule has 1 aromatic heterocycles. The highest BCUT2D eigenvalue weighted by Crippen LogP contribution is 2.05. The van der Waals surface area contributed by atoms with Gasteiger partial charge in [0.15, 0.2) is 5.96 Å². The summed E-state index contributed by atoms with van der Waals surface area (Å²) in [6.07, 6.45) is 8.06. The highest BCUT2D eigenvalue weighted by Gasteiger charge is 2.07. The van der Waals surface area contributed by atoms with E-state index in [1.165, 1.54) is 5.56 Å². The Labute approximate surface area is 173 Å². The summed E-state index contributed by atoms with van der Waals surface area (Å²) in [6, 6.07) is 11.0. The van der Waals surface area contributed by atoms with Crippen molar-refractivity contribution < 1.29 is 0 Å². The third-order valence-electron chi connectivity index (χ3n) is 4.53. The molecule has 1 aromatic carbocycles. The number of hydrogen-bond acceptors (Lipinski definition) is 4. The number of guanidine groups is 1. The van der Waals surface area contributed by atoms with Gasteiger partial charge in [0.05, 0.1) is 0 Å². The molecule has 0 amide bonds. The molecule has 0 fully saturated rings. The summed E-state index contributed by atoms with van der Waals surface area (Å²) in [5.74, 6) is 3.05. The Morgan fingerprint density at radius 3 is 2.86 bits per heavy atom. The number of rotatable bonds is 12. The molecule has 0 aliphatic rings. The number of benzene rings is 1. The first-order valence-corrected chi connectivity index (χ1v) is 11.6. The van der Waals surface area contributed by atoms with E-state index in [-0.39, 0.29) is 0 Å². The van der Waals surface area contributed by atoms with Gasteiger partial charge in [0.25, 0.3) is 0 Å². The summed E-state index contributed by atoms with van der Waals surface area (Å²) >= 11 is 1.87. The average Bonchev–Trinajstić information content (AvgIpc) is 3.18. The van der Waals surface area contributed by atoms with Gasteiger partial charge in [-0.1, -0.05) is 37.3 Å². The molecule has 1 heterocycles. The van der Waals surface area contributed by atoms with E-state index in [0.29, 0.717) is 6.04 Å². The zero-order chi connectivity index (χ0) is 20.0. The molecular weight excluding hydrogens is 368 g/mol. The van der Waals surface area contributed by atoms with Gasteiger partial charge in [-0.2, -0.15) is 11.8 Å². The minimum absolute atomic E-state index is 0.355. The fourth-order valence-electron chi connectivity index (χ4n) is 2.92. The lowest BCUT2D eigenvalue weighted by Crippen LogP contribution is -2.43. The first kappa shape index (κ1) is 22.3. The van der Waals surface area contributed by atoms with Crippen molar-refractivity contribution in [1.29, 1.82) is 0 Å². The molecule has 154 valence electrons. The third kappa shape index (κ3) is 8.33. The first-order chi connectivity index (χ1) is 13.7. The Morgan fingerprint density at radius 2 is 2.11 bits per heavy atom. The van der Waals surface area contributed by atoms with Crippen molar-refractivity contribution in [1.82, 2.24) is 25.4 Å². The van der Waals surface area contributed by atoms with Crippen molar-refractivity contribution in [2.75, 3.05) is 25.1 Å². The van der Waals surface area contributed by atoms with Crippen LogP contribution in [-0.2, 0) is 19.4 Å². The molecular formula is C21H34N6S. The third-order valence-corrected chi connectivity index (χ3v) is 5.22. The second kappa shape index (κ2) is 13.2. The lowest BCUT2D eigenvalue weighted by Gasteiger charge is -2.19. The monoisotopic (exact) mass is 402 g/mol. The molecule has 0 radical (unpaired) electrons. The number of nitrogens with zero attached hydrogens (tertiary/aromatic N) is 4. The maximum Gasteiger partial charge on any atom is 0.191 e. The zero-order valence-corrected chi connectivity index (χ0v) is 18.2. The van der Waals surface area contributed by atoms with Gasteiger partial charge in [0.2, 0.25) is 0 Å². The van der Waals surface area contributed by atoms with Gasteiger partial charge in [-0.15, -0.1) is 10.2 Å². The molecule has 2 aromatic rings. The van der Waals surface area contributed by atoms with Crippen LogP contribution in [0.4, 0.5) is 0 Å². The van der Waals surface area contributed by atoms with Crippen LogP contribution in [0, 0.1) is 0 Å². The number of aromatic nitrogens is 3. The number of thioether (sulfide) groups is 1. The number of aryl methyl sites for hydroxylation is 2. The standard InChI is InChI=1S/C21H34N6S/c1-4-20-26-24-17-27(20)15-14-23-21(22-13-8-16-28-3)25-18(2)11-12-19-9-6-5-7-10-19/h5-7,9-10,17-18H,4,8,11-16H2,1-3H3,(H2,22,23,25). The summed E-state index contributed by atoms with van der Waals surface area (Å²) in [5, 5.41) is 15.2. The normalized spacial score (nSPS) is 12.8. The van der Waals surface area contributed by atoms with Gasteiger partial charge in [0.1, 0.15) is 12.2 Å². The summed E-state index contributed by atoms with van der Waals surface area (Å²) in [7, 11) is 0. The lowest BCUT2D eigenvalue weighted by atomic mass is 10.1. The number of hydrogen-bond donors (Lipinski definition) is 2. The first-order valence-electron chi connectivity index (χ1n) is 10.2. The maximum atomic E-state index is 4.76. The predicted octanol–water partition coefficient (Wildman–Crippen LogP) is 3.15. The summed E-state index contributed by atoms with van der Waals surface area (Å²) in [5.41, 5.74) is 1.38. The molecule has 0 aliphatic carbocycles. The largest absolute Gasteiger partial charge is 0.355 e. The smallest absolute Gasteiger partial charge is 0.191 e. The van der Waals surface area contributed by atoms with Crippen LogP contribution < -0.4 is 10.6 Å². The fourth-order valence-corrected chi connectivity index (χ4v) is 3.34. The molecule has 28 heavy (non-hydrogen) atoms. The minimum atomic E-state index is 0.355. The summed E-state index contributed by atoms with van der Waals surface area (Å²) in [4.78, 5) is 4.76. The van der Waals surface area contributed by atoms with Crippen molar-refractivity contribution >= 4 is 17.7 Å². The van der Waals surface area contributed by atoms with E-state index in [2.05, 4.69) is 75.8 Å². The van der Waals surface area contributed by atoms with Crippen LogP contribution in [0.2, 0.25) is 0 Å². The van der Waals surface area contributed by atoms with Crippen molar-refractivity contribution in [2.24, 2.45) is 4.99 Å². The Bertz CT molecular complexity index is 685. The molecule has 0 bridgehead atoms. The van der Waals surface area contributed by atoms with E-state index in [4.69, 9.17) is 4.99 Å². The Kier molecular flexibility index (Phi) is 10.5. The predicted molar refractivity (Wildman–Crippen MR) is 120 cm³/mol. The topological polar surface area (TPSA) is 67.1 Å². The molecule has 1 unspecified atom stereocenters. The molecule has 0 saturated heterocycles. The van der Waals surface area contributed by atoms with E-state index >= 15 is 0 Å². The quantitative estimate of drug-likeness (QED) is 0.324. The molecule has 7 heteroatoms. The van der Waals surface area contributed by atoms with Gasteiger partial charge < -0.3 is 15.2 Å². The second-order valence-electron chi connectivity index (χ2n) is 6.87. The van der Waals surface area contributed by atoms with E-state index in [1.54, 1.807) is 6.33 Å². The van der Waals surface area contributed by atoms with E-state index < -0.39 is 0 Å². The van der Waals surface area contributed by atoms with E-state index in [9.17, 15) is 0 Å². The van der Waals surface area contributed by atoms with Crippen LogP contribution in [0.3, 0.4) is 0 Å². The van der Waals surface area contributed by atoms with Crippen molar-refractivity contribution in [3.8, 4) is 0 Å². The van der Waals surface area contributed by atoms with Gasteiger partial charge >= 0.3 is 0 Å². The van der Waals surface area contributed by atoms with Crippen LogP contribution in [0.25, 0.3) is 0 Å². The second-order valence-corrected chi connectivity index (χ2v) is 7.85. The van der Waals surface area contributed by atoms with Gasteiger partial charge in [0, 0.05) is 32.1 Å². The van der Waals surface area contributed by atoms with Crippen LogP contribution in [0.5, 0.6) is 0 Å². The minimum Gasteiger partial charge on any atom is -0.355 e. The highest BCUT2D eigenvalue weighted by atomic mass is 32.2. The molecule has 6 nitrogen and oxygen atoms in total. The van der Waals surface area contributed by atoms with E-state index in [1.807, 2.05) is 11.8 Å². The lowest BCUT2D eigenvalue weighted by molar-refractivity contribution is 0.580. The van der Waals surface area contributed by atoms with Crippen molar-refractivity contribution in [3.05, 3.63) is 48.0 Å². The Morgan fingerprint density at radius 1 is 1.29 bits per heavy atom. The van der Waals surface area contributed by atoms with E-state index in [0.717, 1.165) is 62.9 Å². The molecule has 0 spiro atoms. The number of nitrogens with one attached hydrogen (secondary N) is 2. The van der Waals surface area contributed by atoms with Crippen molar-refractivity contribution in [2.45, 2.75) is 52.1 Å². The Hall–Kier alpha value is -2.02. The summed E-state index contributed by atoms with van der Waals surface area (Å²) in [6.45, 7) is 6.79. The molecule has 0 saturated carbocycles. The molecule has 2 N–H and O–H groups in total. The Balaban J connectivity index is 1.83. The molecule has 2 rings (SSSR count). The maximum absolute atomic E-state index is 4.76. The molecule has 0 aliphatic heterocycles. The van der Waals surface area contributed by atoms with Gasteiger partial charge in [-0.3, -0.25) is 4.99 Å². The average molecular weight is 403 g/mol. The summed E-state index contributed by atoms with van der Waals surface area (Å²) < 4.78 is 2.09. The van der Waals surface area contributed by atoms with Gasteiger partial charge in [-0.05, 0) is 43.8 Å². The highest BCUT2D eigenvalue weighted by molar-refractivity contribution is 7.98. The zero-order valence-electron chi connectivity index (χ0n) is 17.4.